The number of benzene rings is 1. The molecular formula is C16H15NO3S2. The van der Waals surface area contributed by atoms with E-state index in [2.05, 4.69) is 0 Å². The van der Waals surface area contributed by atoms with Crippen molar-refractivity contribution in [2.75, 3.05) is 5.75 Å². The first-order valence-corrected chi connectivity index (χ1v) is 8.68. The molecule has 4 nitrogen and oxygen atoms in total. The van der Waals surface area contributed by atoms with Crippen LogP contribution in [0.3, 0.4) is 0 Å². The van der Waals surface area contributed by atoms with Crippen LogP contribution >= 0.6 is 23.1 Å². The fourth-order valence-corrected chi connectivity index (χ4v) is 4.43. The van der Waals surface area contributed by atoms with Gasteiger partial charge in [-0.15, -0.1) is 23.1 Å². The van der Waals surface area contributed by atoms with E-state index in [9.17, 15) is 9.59 Å². The number of rotatable bonds is 5. The molecule has 1 unspecified atom stereocenters. The largest absolute Gasteiger partial charge is 0.481 e. The Kier molecular flexibility index (Phi) is 3.97. The van der Waals surface area contributed by atoms with Gasteiger partial charge in [0.1, 0.15) is 4.87 Å². The maximum absolute atomic E-state index is 12.8. The maximum atomic E-state index is 12.8. The minimum atomic E-state index is -0.876. The molecule has 1 aromatic heterocycles. The molecule has 0 saturated heterocycles. The number of carboxylic acid groups (broad SMARTS) is 1. The van der Waals surface area contributed by atoms with Crippen LogP contribution in [0.4, 0.5) is 0 Å². The molecule has 22 heavy (non-hydrogen) atoms. The summed E-state index contributed by atoms with van der Waals surface area (Å²) in [6.45, 7) is 2.42. The van der Waals surface area contributed by atoms with Gasteiger partial charge in [-0.3, -0.25) is 9.59 Å². The normalized spacial score (nSPS) is 20.2. The molecule has 1 N–H and O–H groups in total. The minimum absolute atomic E-state index is 0.0376. The third-order valence-electron chi connectivity index (χ3n) is 3.79. The molecular weight excluding hydrogens is 318 g/mol. The minimum Gasteiger partial charge on any atom is -0.481 e. The van der Waals surface area contributed by atoms with Crippen molar-refractivity contribution in [3.63, 3.8) is 0 Å². The van der Waals surface area contributed by atoms with Crippen LogP contribution in [0, 0.1) is 0 Å². The number of nitrogens with zero attached hydrogens (tertiary/aromatic N) is 1. The van der Waals surface area contributed by atoms with Gasteiger partial charge in [0.25, 0.3) is 5.91 Å². The first kappa shape index (κ1) is 15.1. The van der Waals surface area contributed by atoms with Crippen LogP contribution in [-0.4, -0.2) is 27.6 Å². The maximum Gasteiger partial charge on any atom is 0.313 e. The highest BCUT2D eigenvalue weighted by Crippen LogP contribution is 2.47. The molecule has 1 amide bonds. The van der Waals surface area contributed by atoms with E-state index < -0.39 is 10.8 Å². The molecule has 2 aromatic rings. The van der Waals surface area contributed by atoms with Crippen molar-refractivity contribution in [3.05, 3.63) is 57.8 Å². The van der Waals surface area contributed by atoms with Gasteiger partial charge in [-0.05, 0) is 24.4 Å². The van der Waals surface area contributed by atoms with Crippen molar-refractivity contribution < 1.29 is 14.7 Å². The standard InChI is InChI=1S/C16H15NO3S2/c1-16(22-10-14(18)19)13-7-3-2-6-12(13)15(20)17(16)9-11-5-4-8-21-11/h2-8H,9-10H2,1H3,(H,18,19). The van der Waals surface area contributed by atoms with Crippen LogP contribution in [0.25, 0.3) is 0 Å². The Bertz CT molecular complexity index is 714. The van der Waals surface area contributed by atoms with Gasteiger partial charge in [-0.2, -0.15) is 0 Å². The van der Waals surface area contributed by atoms with E-state index in [-0.39, 0.29) is 11.7 Å². The third-order valence-corrected chi connectivity index (χ3v) is 6.04. The quantitative estimate of drug-likeness (QED) is 0.911. The van der Waals surface area contributed by atoms with Gasteiger partial charge in [0, 0.05) is 16.0 Å². The van der Waals surface area contributed by atoms with Crippen LogP contribution < -0.4 is 0 Å². The smallest absolute Gasteiger partial charge is 0.313 e. The van der Waals surface area contributed by atoms with Crippen molar-refractivity contribution in [1.82, 2.24) is 4.90 Å². The van der Waals surface area contributed by atoms with Crippen LogP contribution in [0.2, 0.25) is 0 Å². The van der Waals surface area contributed by atoms with Gasteiger partial charge in [-0.1, -0.05) is 24.3 Å². The van der Waals surface area contributed by atoms with E-state index in [1.54, 1.807) is 16.2 Å². The molecule has 0 bridgehead atoms. The van der Waals surface area contributed by atoms with E-state index in [0.717, 1.165) is 10.4 Å². The number of thiophene rings is 1. The SMILES string of the molecule is CC1(SCC(=O)O)c2ccccc2C(=O)N1Cc1cccs1. The lowest BCUT2D eigenvalue weighted by atomic mass is 10.1. The molecule has 0 fully saturated rings. The Morgan fingerprint density at radius 2 is 2.09 bits per heavy atom. The molecule has 2 heterocycles. The molecule has 1 atom stereocenters. The van der Waals surface area contributed by atoms with Gasteiger partial charge in [-0.25, -0.2) is 0 Å². The number of aliphatic carboxylic acids is 1. The van der Waals surface area contributed by atoms with Crippen molar-refractivity contribution >= 4 is 35.0 Å². The molecule has 0 radical (unpaired) electrons. The molecule has 0 aliphatic carbocycles. The Hall–Kier alpha value is -1.79. The summed E-state index contributed by atoms with van der Waals surface area (Å²) in [7, 11) is 0. The highest BCUT2D eigenvalue weighted by Gasteiger charge is 2.46. The zero-order chi connectivity index (χ0) is 15.7. The lowest BCUT2D eigenvalue weighted by Gasteiger charge is -2.35. The number of fused-ring (bicyclic) bond motifs is 1. The molecule has 3 rings (SSSR count). The zero-order valence-corrected chi connectivity index (χ0v) is 13.6. The molecule has 0 saturated carbocycles. The second-order valence-electron chi connectivity index (χ2n) is 5.18. The number of hydrogen-bond donors (Lipinski definition) is 1. The Morgan fingerprint density at radius 3 is 2.77 bits per heavy atom. The van der Waals surface area contributed by atoms with Crippen LogP contribution in [0.15, 0.2) is 41.8 Å². The Labute approximate surface area is 136 Å². The van der Waals surface area contributed by atoms with Crippen molar-refractivity contribution in [3.8, 4) is 0 Å². The Balaban J connectivity index is 1.99. The van der Waals surface area contributed by atoms with Gasteiger partial charge >= 0.3 is 5.97 Å². The average Bonchev–Trinajstić information content (AvgIpc) is 3.08. The molecule has 1 aromatic carbocycles. The molecule has 0 spiro atoms. The fraction of sp³-hybridized carbons (Fsp3) is 0.250. The molecule has 6 heteroatoms. The van der Waals surface area contributed by atoms with Crippen LogP contribution in [-0.2, 0) is 16.2 Å². The van der Waals surface area contributed by atoms with Gasteiger partial charge in [0.05, 0.1) is 12.3 Å². The Morgan fingerprint density at radius 1 is 1.32 bits per heavy atom. The monoisotopic (exact) mass is 333 g/mol. The molecule has 1 aliphatic heterocycles. The number of carbonyl (C=O) groups excluding carboxylic acids is 1. The number of thioether (sulfide) groups is 1. The van der Waals surface area contributed by atoms with E-state index in [1.165, 1.54) is 11.8 Å². The highest BCUT2D eigenvalue weighted by molar-refractivity contribution is 8.00. The third kappa shape index (κ3) is 2.53. The van der Waals surface area contributed by atoms with Crippen molar-refractivity contribution in [1.29, 1.82) is 0 Å². The van der Waals surface area contributed by atoms with E-state index in [4.69, 9.17) is 5.11 Å². The van der Waals surface area contributed by atoms with E-state index in [1.807, 2.05) is 48.7 Å². The number of amides is 1. The summed E-state index contributed by atoms with van der Waals surface area (Å²) in [6.07, 6.45) is 0. The first-order valence-electron chi connectivity index (χ1n) is 6.82. The van der Waals surface area contributed by atoms with Gasteiger partial charge in [0.2, 0.25) is 0 Å². The first-order chi connectivity index (χ1) is 10.5. The molecule has 114 valence electrons. The van der Waals surface area contributed by atoms with Gasteiger partial charge < -0.3 is 10.0 Å². The summed E-state index contributed by atoms with van der Waals surface area (Å²) >= 11 is 2.88. The highest BCUT2D eigenvalue weighted by atomic mass is 32.2. The number of carboxylic acids is 1. The predicted octanol–water partition coefficient (Wildman–Crippen LogP) is 3.39. The summed E-state index contributed by atoms with van der Waals surface area (Å²) < 4.78 is 0. The topological polar surface area (TPSA) is 57.6 Å². The fourth-order valence-electron chi connectivity index (χ4n) is 2.70. The number of hydrogen-bond acceptors (Lipinski definition) is 4. The second kappa shape index (κ2) is 5.78. The lowest BCUT2D eigenvalue weighted by molar-refractivity contribution is -0.133. The summed E-state index contributed by atoms with van der Waals surface area (Å²) in [5.41, 5.74) is 1.56. The van der Waals surface area contributed by atoms with E-state index >= 15 is 0 Å². The predicted molar refractivity (Wildman–Crippen MR) is 88.1 cm³/mol. The average molecular weight is 333 g/mol. The van der Waals surface area contributed by atoms with E-state index in [0.29, 0.717) is 12.1 Å². The van der Waals surface area contributed by atoms with Crippen molar-refractivity contribution in [2.24, 2.45) is 0 Å². The number of carbonyl (C=O) groups is 2. The van der Waals surface area contributed by atoms with Crippen molar-refractivity contribution in [2.45, 2.75) is 18.3 Å². The summed E-state index contributed by atoms with van der Waals surface area (Å²) in [6, 6.07) is 11.4. The zero-order valence-electron chi connectivity index (χ0n) is 12.0. The van der Waals surface area contributed by atoms with Crippen LogP contribution in [0.1, 0.15) is 27.7 Å². The summed E-state index contributed by atoms with van der Waals surface area (Å²) in [5.74, 6) is -0.956. The second-order valence-corrected chi connectivity index (χ2v) is 7.59. The summed E-state index contributed by atoms with van der Waals surface area (Å²) in [4.78, 5) is 26.0. The lowest BCUT2D eigenvalue weighted by Crippen LogP contribution is -2.39. The molecule has 1 aliphatic rings. The summed E-state index contributed by atoms with van der Waals surface area (Å²) in [5, 5.41) is 11.0. The van der Waals surface area contributed by atoms with Crippen LogP contribution in [0.5, 0.6) is 0 Å². The van der Waals surface area contributed by atoms with Gasteiger partial charge in [0.15, 0.2) is 0 Å².